The second kappa shape index (κ2) is 7.95. The molecule has 0 spiro atoms. The molecule has 3 aromatic rings. The Morgan fingerprint density at radius 1 is 1.12 bits per heavy atom. The van der Waals surface area contributed by atoms with E-state index in [1.54, 1.807) is 0 Å². The molecule has 0 bridgehead atoms. The zero-order valence-electron chi connectivity index (χ0n) is 13.3. The van der Waals surface area contributed by atoms with Gasteiger partial charge in [-0.2, -0.15) is 0 Å². The summed E-state index contributed by atoms with van der Waals surface area (Å²) in [5, 5.41) is 3.13. The molecule has 0 atom stereocenters. The molecule has 0 amide bonds. The molecule has 25 heavy (non-hydrogen) atoms. The quantitative estimate of drug-likeness (QED) is 0.428. The summed E-state index contributed by atoms with van der Waals surface area (Å²) in [7, 11) is 0. The van der Waals surface area contributed by atoms with Crippen LogP contribution in [0.2, 0.25) is 10.2 Å². The van der Waals surface area contributed by atoms with Crippen LogP contribution >= 0.6 is 34.5 Å². The Balaban J connectivity index is 1.67. The molecule has 0 N–H and O–H groups in total. The predicted molar refractivity (Wildman–Crippen MR) is 100 cm³/mol. The van der Waals surface area contributed by atoms with Crippen LogP contribution in [0.5, 0.6) is 0 Å². The second-order valence-corrected chi connectivity index (χ2v) is 6.89. The van der Waals surface area contributed by atoms with Crippen molar-refractivity contribution in [1.29, 1.82) is 0 Å². The van der Waals surface area contributed by atoms with Gasteiger partial charge in [0, 0.05) is 10.9 Å². The number of ether oxygens (including phenoxy) is 1. The number of thiazole rings is 1. The van der Waals surface area contributed by atoms with E-state index in [0.29, 0.717) is 5.69 Å². The van der Waals surface area contributed by atoms with Gasteiger partial charge in [0.15, 0.2) is 5.69 Å². The molecule has 3 rings (SSSR count). The number of carbonyl (C=O) groups is 1. The van der Waals surface area contributed by atoms with Crippen molar-refractivity contribution in [2.45, 2.75) is 20.0 Å². The van der Waals surface area contributed by atoms with E-state index in [1.807, 2.05) is 17.5 Å². The zero-order chi connectivity index (χ0) is 17.8. The maximum Gasteiger partial charge on any atom is 0.358 e. The standard InChI is InChI=1S/C18H14Cl2N2O2S/c1-2-11-3-5-12(6-4-11)17-21-13(10-25-17)9-24-18(23)16-14(19)7-8-15(20)22-16/h3-8,10H,2,9H2,1H3. The number of aromatic nitrogens is 2. The smallest absolute Gasteiger partial charge is 0.358 e. The lowest BCUT2D eigenvalue weighted by atomic mass is 10.1. The average Bonchev–Trinajstić information content (AvgIpc) is 3.11. The van der Waals surface area contributed by atoms with Gasteiger partial charge in [0.25, 0.3) is 0 Å². The molecule has 1 aromatic carbocycles. The van der Waals surface area contributed by atoms with Crippen LogP contribution in [-0.2, 0) is 17.8 Å². The summed E-state index contributed by atoms with van der Waals surface area (Å²) >= 11 is 13.2. The third-order valence-corrected chi connectivity index (χ3v) is 4.97. The third kappa shape index (κ3) is 4.37. The highest BCUT2D eigenvalue weighted by atomic mass is 35.5. The fourth-order valence-electron chi connectivity index (χ4n) is 2.16. The number of halogens is 2. The number of carbonyl (C=O) groups excluding carboxylic acids is 1. The number of pyridine rings is 1. The summed E-state index contributed by atoms with van der Waals surface area (Å²) in [4.78, 5) is 20.5. The van der Waals surface area contributed by atoms with Crippen molar-refractivity contribution in [3.05, 3.63) is 68.9 Å². The number of benzene rings is 1. The lowest BCUT2D eigenvalue weighted by molar-refractivity contribution is 0.0462. The second-order valence-electron chi connectivity index (χ2n) is 5.24. The summed E-state index contributed by atoms with van der Waals surface area (Å²) in [6.07, 6.45) is 0.999. The summed E-state index contributed by atoms with van der Waals surface area (Å²) in [6.45, 7) is 2.17. The fourth-order valence-corrected chi connectivity index (χ4v) is 3.30. The topological polar surface area (TPSA) is 52.1 Å². The normalized spacial score (nSPS) is 10.7. The van der Waals surface area contributed by atoms with Crippen LogP contribution in [0.15, 0.2) is 41.8 Å². The first-order valence-electron chi connectivity index (χ1n) is 7.59. The monoisotopic (exact) mass is 392 g/mol. The van der Waals surface area contributed by atoms with Gasteiger partial charge in [0.05, 0.1) is 10.7 Å². The molecule has 0 saturated heterocycles. The number of aryl methyl sites for hydroxylation is 1. The van der Waals surface area contributed by atoms with E-state index in [-0.39, 0.29) is 22.5 Å². The molecule has 4 nitrogen and oxygen atoms in total. The molecule has 0 aliphatic carbocycles. The number of nitrogens with zero attached hydrogens (tertiary/aromatic N) is 2. The van der Waals surface area contributed by atoms with Crippen LogP contribution in [-0.4, -0.2) is 15.9 Å². The van der Waals surface area contributed by atoms with Gasteiger partial charge in [0.1, 0.15) is 16.8 Å². The first-order chi connectivity index (χ1) is 12.1. The SMILES string of the molecule is CCc1ccc(-c2nc(COC(=O)c3nc(Cl)ccc3Cl)cs2)cc1. The lowest BCUT2D eigenvalue weighted by Crippen LogP contribution is -2.08. The molecule has 0 aliphatic heterocycles. The van der Waals surface area contributed by atoms with Crippen LogP contribution in [0.25, 0.3) is 10.6 Å². The molecule has 0 radical (unpaired) electrons. The van der Waals surface area contributed by atoms with Gasteiger partial charge in [-0.15, -0.1) is 11.3 Å². The number of esters is 1. The molecule has 0 saturated carbocycles. The van der Waals surface area contributed by atoms with Crippen LogP contribution in [0.1, 0.15) is 28.7 Å². The summed E-state index contributed by atoms with van der Waals surface area (Å²) in [5.74, 6) is -0.630. The summed E-state index contributed by atoms with van der Waals surface area (Å²) in [5.41, 5.74) is 2.99. The molecule has 128 valence electrons. The average molecular weight is 393 g/mol. The Morgan fingerprint density at radius 2 is 1.88 bits per heavy atom. The van der Waals surface area contributed by atoms with E-state index < -0.39 is 5.97 Å². The Bertz CT molecular complexity index is 894. The number of hydrogen-bond acceptors (Lipinski definition) is 5. The van der Waals surface area contributed by atoms with Crippen molar-refractivity contribution in [2.24, 2.45) is 0 Å². The number of hydrogen-bond donors (Lipinski definition) is 0. The van der Waals surface area contributed by atoms with E-state index in [0.717, 1.165) is 17.0 Å². The van der Waals surface area contributed by atoms with Crippen molar-refractivity contribution in [2.75, 3.05) is 0 Å². The highest BCUT2D eigenvalue weighted by Crippen LogP contribution is 2.25. The van der Waals surface area contributed by atoms with E-state index in [1.165, 1.54) is 29.0 Å². The van der Waals surface area contributed by atoms with Crippen molar-refractivity contribution in [1.82, 2.24) is 9.97 Å². The molecule has 0 unspecified atom stereocenters. The van der Waals surface area contributed by atoms with Gasteiger partial charge < -0.3 is 4.74 Å². The van der Waals surface area contributed by atoms with Crippen LogP contribution in [0.4, 0.5) is 0 Å². The molecule has 7 heteroatoms. The first-order valence-corrected chi connectivity index (χ1v) is 9.23. The Morgan fingerprint density at radius 3 is 2.60 bits per heavy atom. The number of rotatable bonds is 5. The van der Waals surface area contributed by atoms with Crippen LogP contribution < -0.4 is 0 Å². The minimum atomic E-state index is -0.630. The summed E-state index contributed by atoms with van der Waals surface area (Å²) < 4.78 is 5.24. The van der Waals surface area contributed by atoms with Crippen molar-refractivity contribution in [3.8, 4) is 10.6 Å². The molecular formula is C18H14Cl2N2O2S. The maximum absolute atomic E-state index is 12.1. The Hall–Kier alpha value is -1.95. The van der Waals surface area contributed by atoms with Gasteiger partial charge in [-0.25, -0.2) is 14.8 Å². The van der Waals surface area contributed by atoms with Crippen molar-refractivity contribution >= 4 is 40.5 Å². The molecule has 0 aliphatic rings. The van der Waals surface area contributed by atoms with Gasteiger partial charge in [-0.1, -0.05) is 54.4 Å². The van der Waals surface area contributed by atoms with Gasteiger partial charge >= 0.3 is 5.97 Å². The molecule has 2 heterocycles. The van der Waals surface area contributed by atoms with E-state index in [4.69, 9.17) is 27.9 Å². The van der Waals surface area contributed by atoms with Gasteiger partial charge in [-0.05, 0) is 24.1 Å². The van der Waals surface area contributed by atoms with Crippen molar-refractivity contribution in [3.63, 3.8) is 0 Å². The fraction of sp³-hybridized carbons (Fsp3) is 0.167. The van der Waals surface area contributed by atoms with Crippen molar-refractivity contribution < 1.29 is 9.53 Å². The lowest BCUT2D eigenvalue weighted by Gasteiger charge is -2.04. The van der Waals surface area contributed by atoms with Gasteiger partial charge in [0.2, 0.25) is 0 Å². The van der Waals surface area contributed by atoms with Crippen LogP contribution in [0.3, 0.4) is 0 Å². The van der Waals surface area contributed by atoms with E-state index in [2.05, 4.69) is 29.0 Å². The largest absolute Gasteiger partial charge is 0.454 e. The molecular weight excluding hydrogens is 379 g/mol. The zero-order valence-corrected chi connectivity index (χ0v) is 15.7. The molecule has 0 fully saturated rings. The van der Waals surface area contributed by atoms with E-state index >= 15 is 0 Å². The highest BCUT2D eigenvalue weighted by Gasteiger charge is 2.15. The maximum atomic E-state index is 12.1. The van der Waals surface area contributed by atoms with Gasteiger partial charge in [-0.3, -0.25) is 0 Å². The Labute approximate surface area is 159 Å². The van der Waals surface area contributed by atoms with E-state index in [9.17, 15) is 4.79 Å². The summed E-state index contributed by atoms with van der Waals surface area (Å²) in [6, 6.07) is 11.3. The highest BCUT2D eigenvalue weighted by molar-refractivity contribution is 7.13. The first kappa shape index (κ1) is 17.9. The molecule has 2 aromatic heterocycles. The third-order valence-electron chi connectivity index (χ3n) is 3.52. The van der Waals surface area contributed by atoms with Crippen LogP contribution in [0, 0.1) is 0 Å². The minimum Gasteiger partial charge on any atom is -0.454 e. The predicted octanol–water partition coefficient (Wildman–Crippen LogP) is 5.43. The minimum absolute atomic E-state index is 0.000209. The Kier molecular flexibility index (Phi) is 5.68.